The summed E-state index contributed by atoms with van der Waals surface area (Å²) in [5.74, 6) is 0.803. The summed E-state index contributed by atoms with van der Waals surface area (Å²) in [6.45, 7) is 3.01. The predicted octanol–water partition coefficient (Wildman–Crippen LogP) is 5.08. The van der Waals surface area contributed by atoms with E-state index in [-0.39, 0.29) is 0 Å². The van der Waals surface area contributed by atoms with E-state index in [4.69, 9.17) is 16.3 Å². The molecule has 0 atom stereocenters. The van der Waals surface area contributed by atoms with Crippen LogP contribution in [0.2, 0.25) is 5.02 Å². The van der Waals surface area contributed by atoms with Gasteiger partial charge in [0.25, 0.3) is 0 Å². The normalized spacial score (nSPS) is 10.4. The first kappa shape index (κ1) is 13.4. The van der Waals surface area contributed by atoms with Crippen molar-refractivity contribution in [3.63, 3.8) is 0 Å². The number of halogens is 1. The average Bonchev–Trinajstić information content (AvgIpc) is 2.30. The summed E-state index contributed by atoms with van der Waals surface area (Å²) < 4.78 is 5.61. The van der Waals surface area contributed by atoms with Gasteiger partial charge in [-0.05, 0) is 18.6 Å². The van der Waals surface area contributed by atoms with Crippen molar-refractivity contribution in [2.45, 2.75) is 45.4 Å². The van der Waals surface area contributed by atoms with Crippen LogP contribution in [0.5, 0.6) is 5.75 Å². The third-order valence-electron chi connectivity index (χ3n) is 2.59. The van der Waals surface area contributed by atoms with Gasteiger partial charge in [-0.2, -0.15) is 0 Å². The van der Waals surface area contributed by atoms with Gasteiger partial charge < -0.3 is 4.74 Å². The Hall–Kier alpha value is -0.690. The van der Waals surface area contributed by atoms with Crippen LogP contribution in [0.1, 0.15) is 45.4 Å². The summed E-state index contributed by atoms with van der Waals surface area (Å²) in [4.78, 5) is 0. The minimum atomic E-state index is 0.702. The van der Waals surface area contributed by atoms with E-state index in [1.54, 1.807) is 0 Å². The van der Waals surface area contributed by atoms with Crippen molar-refractivity contribution < 1.29 is 4.74 Å². The molecule has 1 aromatic carbocycles. The number of rotatable bonds is 8. The fourth-order valence-electron chi connectivity index (χ4n) is 1.63. The molecule has 0 radical (unpaired) electrons. The van der Waals surface area contributed by atoms with Gasteiger partial charge in [0.15, 0.2) is 0 Å². The molecule has 1 aromatic rings. The van der Waals surface area contributed by atoms with Crippen LogP contribution in [0.25, 0.3) is 0 Å². The van der Waals surface area contributed by atoms with E-state index in [0.29, 0.717) is 5.02 Å². The molecule has 0 bridgehead atoms. The second kappa shape index (κ2) is 8.46. The van der Waals surface area contributed by atoms with Gasteiger partial charge in [-0.1, -0.05) is 62.8 Å². The van der Waals surface area contributed by atoms with Crippen molar-refractivity contribution in [3.8, 4) is 5.75 Å². The molecule has 0 aliphatic carbocycles. The van der Waals surface area contributed by atoms with Crippen LogP contribution in [0, 0.1) is 0 Å². The highest BCUT2D eigenvalue weighted by molar-refractivity contribution is 6.32. The molecular weight excluding hydrogens is 220 g/mol. The maximum Gasteiger partial charge on any atom is 0.137 e. The maximum absolute atomic E-state index is 5.98. The Bertz CT molecular complexity index is 286. The summed E-state index contributed by atoms with van der Waals surface area (Å²) in [5.41, 5.74) is 0. The van der Waals surface area contributed by atoms with E-state index >= 15 is 0 Å². The molecule has 0 fully saturated rings. The van der Waals surface area contributed by atoms with E-state index in [2.05, 4.69) is 6.92 Å². The molecule has 2 heteroatoms. The molecule has 0 aromatic heterocycles. The van der Waals surface area contributed by atoms with E-state index in [9.17, 15) is 0 Å². The molecule has 0 saturated carbocycles. The van der Waals surface area contributed by atoms with Crippen LogP contribution in [0.3, 0.4) is 0 Å². The number of para-hydroxylation sites is 1. The van der Waals surface area contributed by atoms with Gasteiger partial charge >= 0.3 is 0 Å². The van der Waals surface area contributed by atoms with E-state index in [1.807, 2.05) is 24.3 Å². The molecule has 90 valence electrons. The summed E-state index contributed by atoms with van der Waals surface area (Å²) >= 11 is 5.98. The largest absolute Gasteiger partial charge is 0.492 e. The topological polar surface area (TPSA) is 9.23 Å². The summed E-state index contributed by atoms with van der Waals surface area (Å²) in [7, 11) is 0. The van der Waals surface area contributed by atoms with Gasteiger partial charge in [-0.3, -0.25) is 0 Å². The molecule has 0 amide bonds. The quantitative estimate of drug-likeness (QED) is 0.576. The zero-order valence-corrected chi connectivity index (χ0v) is 10.8. The maximum atomic E-state index is 5.98. The van der Waals surface area contributed by atoms with Crippen molar-refractivity contribution in [1.29, 1.82) is 0 Å². The van der Waals surface area contributed by atoms with Gasteiger partial charge in [0, 0.05) is 0 Å². The van der Waals surface area contributed by atoms with Crippen molar-refractivity contribution in [2.75, 3.05) is 6.61 Å². The van der Waals surface area contributed by atoms with Gasteiger partial charge in [0.05, 0.1) is 11.6 Å². The molecule has 16 heavy (non-hydrogen) atoms. The first-order valence-corrected chi connectivity index (χ1v) is 6.59. The SMILES string of the molecule is CCCCCCCCOc1ccccc1Cl. The second-order valence-electron chi connectivity index (χ2n) is 4.05. The van der Waals surface area contributed by atoms with Crippen LogP contribution in [-0.2, 0) is 0 Å². The fraction of sp³-hybridized carbons (Fsp3) is 0.571. The lowest BCUT2D eigenvalue weighted by Crippen LogP contribution is -1.97. The van der Waals surface area contributed by atoms with E-state index < -0.39 is 0 Å². The van der Waals surface area contributed by atoms with Crippen molar-refractivity contribution in [3.05, 3.63) is 29.3 Å². The minimum Gasteiger partial charge on any atom is -0.492 e. The van der Waals surface area contributed by atoms with Gasteiger partial charge in [-0.25, -0.2) is 0 Å². The van der Waals surface area contributed by atoms with Crippen LogP contribution in [0.4, 0.5) is 0 Å². The Morgan fingerprint density at radius 2 is 1.69 bits per heavy atom. The second-order valence-corrected chi connectivity index (χ2v) is 4.45. The monoisotopic (exact) mass is 240 g/mol. The van der Waals surface area contributed by atoms with Crippen molar-refractivity contribution in [2.24, 2.45) is 0 Å². The third-order valence-corrected chi connectivity index (χ3v) is 2.90. The Labute approximate surface area is 104 Å². The highest BCUT2D eigenvalue weighted by Crippen LogP contribution is 2.23. The molecule has 0 heterocycles. The standard InChI is InChI=1S/C14H21ClO/c1-2-3-4-5-6-9-12-16-14-11-8-7-10-13(14)15/h7-8,10-11H,2-6,9,12H2,1H3. The minimum absolute atomic E-state index is 0.702. The Morgan fingerprint density at radius 1 is 1.00 bits per heavy atom. The van der Waals surface area contributed by atoms with Crippen LogP contribution in [-0.4, -0.2) is 6.61 Å². The summed E-state index contributed by atoms with van der Waals surface area (Å²) in [6, 6.07) is 7.64. The number of hydrogen-bond acceptors (Lipinski definition) is 1. The molecule has 0 N–H and O–H groups in total. The molecule has 0 saturated heterocycles. The van der Waals surface area contributed by atoms with Gasteiger partial charge in [0.2, 0.25) is 0 Å². The van der Waals surface area contributed by atoms with Crippen molar-refractivity contribution in [1.82, 2.24) is 0 Å². The molecule has 0 unspecified atom stereocenters. The highest BCUT2D eigenvalue weighted by Gasteiger charge is 1.98. The first-order valence-electron chi connectivity index (χ1n) is 6.22. The summed E-state index contributed by atoms with van der Waals surface area (Å²) in [6.07, 6.45) is 7.70. The molecule has 1 rings (SSSR count). The zero-order chi connectivity index (χ0) is 11.6. The number of unbranched alkanes of at least 4 members (excludes halogenated alkanes) is 5. The van der Waals surface area contributed by atoms with Crippen LogP contribution < -0.4 is 4.74 Å². The van der Waals surface area contributed by atoms with Gasteiger partial charge in [-0.15, -0.1) is 0 Å². The smallest absolute Gasteiger partial charge is 0.137 e. The van der Waals surface area contributed by atoms with Gasteiger partial charge in [0.1, 0.15) is 5.75 Å². The fourth-order valence-corrected chi connectivity index (χ4v) is 1.82. The van der Waals surface area contributed by atoms with Crippen LogP contribution >= 0.6 is 11.6 Å². The number of ether oxygens (including phenoxy) is 1. The molecule has 0 aliphatic heterocycles. The number of hydrogen-bond donors (Lipinski definition) is 0. The van der Waals surface area contributed by atoms with E-state index in [0.717, 1.165) is 18.8 Å². The first-order chi connectivity index (χ1) is 7.84. The third kappa shape index (κ3) is 5.41. The van der Waals surface area contributed by atoms with E-state index in [1.165, 1.54) is 32.1 Å². The average molecular weight is 241 g/mol. The van der Waals surface area contributed by atoms with Crippen LogP contribution in [0.15, 0.2) is 24.3 Å². The Kier molecular flexibility index (Phi) is 7.07. The lowest BCUT2D eigenvalue weighted by molar-refractivity contribution is 0.304. The molecule has 0 aliphatic rings. The Morgan fingerprint density at radius 3 is 2.44 bits per heavy atom. The molecule has 0 spiro atoms. The lowest BCUT2D eigenvalue weighted by atomic mass is 10.1. The highest BCUT2D eigenvalue weighted by atomic mass is 35.5. The lowest BCUT2D eigenvalue weighted by Gasteiger charge is -2.07. The summed E-state index contributed by atoms with van der Waals surface area (Å²) in [5, 5.41) is 0.702. The number of benzene rings is 1. The van der Waals surface area contributed by atoms with Crippen molar-refractivity contribution >= 4 is 11.6 Å². The predicted molar refractivity (Wildman–Crippen MR) is 70.3 cm³/mol. The molecular formula is C14H21ClO. The Balaban J connectivity index is 2.05. The molecule has 1 nitrogen and oxygen atoms in total. The zero-order valence-electron chi connectivity index (χ0n) is 10.0.